The van der Waals surface area contributed by atoms with Crippen LogP contribution in [-0.2, 0) is 0 Å². The van der Waals surface area contributed by atoms with Gasteiger partial charge >= 0.3 is 6.97 Å². The second-order valence-corrected chi connectivity index (χ2v) is 6.30. The van der Waals surface area contributed by atoms with Crippen LogP contribution < -0.4 is 0 Å². The van der Waals surface area contributed by atoms with Gasteiger partial charge in [-0.15, -0.1) is 0 Å². The Kier molecular flexibility index (Phi) is 2.47. The third-order valence-electron chi connectivity index (χ3n) is 3.62. The molecule has 0 aromatic carbocycles. The van der Waals surface area contributed by atoms with Gasteiger partial charge in [-0.2, -0.15) is 11.3 Å². The third kappa shape index (κ3) is 1.45. The van der Waals surface area contributed by atoms with Gasteiger partial charge in [-0.1, -0.05) is 0 Å². The highest BCUT2D eigenvalue weighted by Crippen LogP contribution is 2.41. The van der Waals surface area contributed by atoms with Gasteiger partial charge in [0.15, 0.2) is 5.70 Å². The molecule has 0 saturated carbocycles. The van der Waals surface area contributed by atoms with Crippen LogP contribution in [0.3, 0.4) is 0 Å². The van der Waals surface area contributed by atoms with E-state index in [0.29, 0.717) is 11.4 Å². The molecule has 0 atom stereocenters. The van der Waals surface area contributed by atoms with Crippen molar-refractivity contribution in [3.63, 3.8) is 0 Å². The highest BCUT2D eigenvalue weighted by Gasteiger charge is 2.51. The topological polar surface area (TPSA) is 7.94 Å². The Balaban J connectivity index is 2.10. The Bertz CT molecular complexity index is 816. The minimum Gasteiger partial charge on any atom is -0.396 e. The van der Waals surface area contributed by atoms with Crippen LogP contribution >= 0.6 is 27.3 Å². The van der Waals surface area contributed by atoms with Crippen molar-refractivity contribution in [3.8, 4) is 0 Å². The molecule has 7 heteroatoms. The zero-order valence-electron chi connectivity index (χ0n) is 10.1. The molecule has 4 rings (SSSR count). The third-order valence-corrected chi connectivity index (χ3v) is 5.33. The summed E-state index contributed by atoms with van der Waals surface area (Å²) in [6.07, 6.45) is 6.29. The van der Waals surface area contributed by atoms with E-state index in [1.54, 1.807) is 35.6 Å². The van der Waals surface area contributed by atoms with Crippen LogP contribution in [0.4, 0.5) is 8.63 Å². The number of halogens is 3. The average molecular weight is 353 g/mol. The number of hydrogen-bond acceptors (Lipinski definition) is 1. The minimum absolute atomic E-state index is 0.556. The molecule has 0 spiro atoms. The van der Waals surface area contributed by atoms with Crippen LogP contribution in [0.15, 0.2) is 51.4 Å². The lowest BCUT2D eigenvalue weighted by Gasteiger charge is -2.30. The lowest BCUT2D eigenvalue weighted by Crippen LogP contribution is -2.49. The number of aromatic nitrogens is 1. The Labute approximate surface area is 126 Å². The van der Waals surface area contributed by atoms with E-state index in [0.717, 1.165) is 24.6 Å². The number of rotatable bonds is 1. The molecule has 0 bridgehead atoms. The zero-order chi connectivity index (χ0) is 13.9. The first-order chi connectivity index (χ1) is 9.60. The van der Waals surface area contributed by atoms with Crippen molar-refractivity contribution in [2.75, 3.05) is 0 Å². The van der Waals surface area contributed by atoms with Crippen LogP contribution in [0.25, 0.3) is 5.57 Å². The van der Waals surface area contributed by atoms with Gasteiger partial charge in [0.25, 0.3) is 0 Å². The summed E-state index contributed by atoms with van der Waals surface area (Å²) in [7, 11) is 0. The molecule has 0 radical (unpaired) electrons. The SMILES string of the molecule is F[B-]1(F)n2cccc2C(c2cscc2Br)=C2C=CC=[N+]21. The smallest absolute Gasteiger partial charge is 0.396 e. The van der Waals surface area contributed by atoms with Crippen LogP contribution in [-0.4, -0.2) is 22.1 Å². The summed E-state index contributed by atoms with van der Waals surface area (Å²) in [6.45, 7) is -3.81. The molecule has 0 aliphatic carbocycles. The Morgan fingerprint density at radius 1 is 1.30 bits per heavy atom. The highest BCUT2D eigenvalue weighted by molar-refractivity contribution is 9.10. The maximum atomic E-state index is 14.5. The Hall–Kier alpha value is -1.47. The molecular weight excluding hydrogens is 345 g/mol. The molecule has 2 aliphatic rings. The second kappa shape index (κ2) is 4.02. The molecule has 100 valence electrons. The molecule has 0 fully saturated rings. The molecule has 20 heavy (non-hydrogen) atoms. The van der Waals surface area contributed by atoms with Gasteiger partial charge in [0.2, 0.25) is 0 Å². The first-order valence-electron chi connectivity index (χ1n) is 6.06. The normalized spacial score (nSPS) is 19.1. The zero-order valence-corrected chi connectivity index (χ0v) is 12.5. The maximum Gasteiger partial charge on any atom is 0.737 e. The van der Waals surface area contributed by atoms with Gasteiger partial charge < -0.3 is 17.6 Å². The van der Waals surface area contributed by atoms with E-state index < -0.39 is 6.97 Å². The fourth-order valence-corrected chi connectivity index (χ4v) is 4.24. The summed E-state index contributed by atoms with van der Waals surface area (Å²) in [5.74, 6) is 0. The first-order valence-corrected chi connectivity index (χ1v) is 7.80. The van der Waals surface area contributed by atoms with Crippen LogP contribution in [0, 0.1) is 0 Å². The van der Waals surface area contributed by atoms with Crippen LogP contribution in [0.5, 0.6) is 0 Å². The fourth-order valence-electron chi connectivity index (χ4n) is 2.75. The van der Waals surface area contributed by atoms with Crippen molar-refractivity contribution in [2.24, 2.45) is 0 Å². The molecule has 2 aliphatic heterocycles. The summed E-state index contributed by atoms with van der Waals surface area (Å²) in [5.41, 5.74) is 2.89. The Morgan fingerprint density at radius 3 is 2.90 bits per heavy atom. The van der Waals surface area contributed by atoms with Crippen molar-refractivity contribution >= 4 is 46.0 Å². The molecule has 2 aromatic heterocycles. The van der Waals surface area contributed by atoms with E-state index in [1.165, 1.54) is 12.4 Å². The standard InChI is InChI=1S/C13H8BBrF2N2S/c15-10-8-20-7-9(10)13-11-3-1-5-18(11)14(16,17)19-6-2-4-12(13)19/h1-8H. The minimum atomic E-state index is -3.81. The van der Waals surface area contributed by atoms with E-state index in [2.05, 4.69) is 15.9 Å². The largest absolute Gasteiger partial charge is 0.737 e. The van der Waals surface area contributed by atoms with Gasteiger partial charge in [-0.05, 0) is 34.3 Å². The fraction of sp³-hybridized carbons (Fsp3) is 0. The highest BCUT2D eigenvalue weighted by atomic mass is 79.9. The van der Waals surface area contributed by atoms with E-state index in [-0.39, 0.29) is 0 Å². The van der Waals surface area contributed by atoms with Crippen molar-refractivity contribution in [1.29, 1.82) is 0 Å². The van der Waals surface area contributed by atoms with Gasteiger partial charge in [-0.3, -0.25) is 0 Å². The lowest BCUT2D eigenvalue weighted by molar-refractivity contribution is -0.356. The second-order valence-electron chi connectivity index (χ2n) is 4.70. The quantitative estimate of drug-likeness (QED) is 0.686. The summed E-state index contributed by atoms with van der Waals surface area (Å²) in [5, 5.41) is 3.94. The van der Waals surface area contributed by atoms with Gasteiger partial charge in [-0.25, -0.2) is 0 Å². The van der Waals surface area contributed by atoms with Crippen molar-refractivity contribution in [1.82, 2.24) is 4.48 Å². The number of nitrogens with zero attached hydrogens (tertiary/aromatic N) is 2. The maximum absolute atomic E-state index is 14.5. The van der Waals surface area contributed by atoms with Crippen LogP contribution in [0.1, 0.15) is 11.3 Å². The number of thiophene rings is 1. The molecule has 0 saturated heterocycles. The van der Waals surface area contributed by atoms with E-state index in [9.17, 15) is 8.63 Å². The molecule has 2 nitrogen and oxygen atoms in total. The molecule has 0 amide bonds. The number of fused-ring (bicyclic) bond motifs is 2. The number of hydrogen-bond donors (Lipinski definition) is 0. The van der Waals surface area contributed by atoms with E-state index in [4.69, 9.17) is 0 Å². The van der Waals surface area contributed by atoms with Gasteiger partial charge in [0.05, 0.1) is 5.57 Å². The summed E-state index contributed by atoms with van der Waals surface area (Å²) in [4.78, 5) is 0. The summed E-state index contributed by atoms with van der Waals surface area (Å²) >= 11 is 5.04. The van der Waals surface area contributed by atoms with Gasteiger partial charge in [0.1, 0.15) is 6.21 Å². The lowest BCUT2D eigenvalue weighted by atomic mass is 9.87. The first kappa shape index (κ1) is 12.3. The van der Waals surface area contributed by atoms with Gasteiger partial charge in [0, 0.05) is 38.6 Å². The summed E-state index contributed by atoms with van der Waals surface area (Å²) < 4.78 is 32.2. The van der Waals surface area contributed by atoms with Crippen molar-refractivity contribution < 1.29 is 13.1 Å². The molecule has 0 N–H and O–H groups in total. The predicted molar refractivity (Wildman–Crippen MR) is 81.3 cm³/mol. The number of allylic oxidation sites excluding steroid dienone is 2. The average Bonchev–Trinajstić information content (AvgIpc) is 3.11. The predicted octanol–water partition coefficient (Wildman–Crippen LogP) is 3.96. The monoisotopic (exact) mass is 352 g/mol. The summed E-state index contributed by atoms with van der Waals surface area (Å²) in [6, 6.07) is 3.41. The molecular formula is C13H8BBrF2N2S. The Morgan fingerprint density at radius 2 is 2.15 bits per heavy atom. The molecule has 0 unspecified atom stereocenters. The van der Waals surface area contributed by atoms with E-state index >= 15 is 0 Å². The van der Waals surface area contributed by atoms with Crippen LogP contribution in [0.2, 0.25) is 0 Å². The van der Waals surface area contributed by atoms with Crippen molar-refractivity contribution in [2.45, 2.75) is 0 Å². The molecule has 4 heterocycles. The molecule has 2 aromatic rings. The van der Waals surface area contributed by atoms with Crippen molar-refractivity contribution in [3.05, 3.63) is 62.7 Å². The van der Waals surface area contributed by atoms with E-state index in [1.807, 2.05) is 10.8 Å².